The summed E-state index contributed by atoms with van der Waals surface area (Å²) >= 11 is 3.42. The number of hydrogen-bond donors (Lipinski definition) is 1. The molecule has 0 amide bonds. The van der Waals surface area contributed by atoms with E-state index in [4.69, 9.17) is 5.73 Å². The number of aryl methyl sites for hydroxylation is 1. The van der Waals surface area contributed by atoms with Gasteiger partial charge in [-0.05, 0) is 37.1 Å². The maximum atomic E-state index is 5.60. The summed E-state index contributed by atoms with van der Waals surface area (Å²) in [7, 11) is 0. The van der Waals surface area contributed by atoms with E-state index in [-0.39, 0.29) is 0 Å². The number of anilines is 1. The van der Waals surface area contributed by atoms with E-state index in [0.29, 0.717) is 0 Å². The molecule has 0 spiro atoms. The number of halogens is 1. The summed E-state index contributed by atoms with van der Waals surface area (Å²) in [5.74, 6) is 0. The first kappa shape index (κ1) is 7.61. The van der Waals surface area contributed by atoms with E-state index in [1.165, 1.54) is 11.1 Å². The van der Waals surface area contributed by atoms with Gasteiger partial charge in [-0.15, -0.1) is 0 Å². The summed E-state index contributed by atoms with van der Waals surface area (Å²) in [5.41, 5.74) is 8.90. The molecule has 2 N–H and O–H groups in total. The van der Waals surface area contributed by atoms with Gasteiger partial charge in [-0.1, -0.05) is 15.9 Å². The van der Waals surface area contributed by atoms with Crippen molar-refractivity contribution in [2.24, 2.45) is 0 Å². The SMILES string of the molecule is Cc1cc(N)cc(Br)c1C. The molecule has 0 saturated carbocycles. The van der Waals surface area contributed by atoms with E-state index in [2.05, 4.69) is 29.8 Å². The predicted molar refractivity (Wildman–Crippen MR) is 48.0 cm³/mol. The number of rotatable bonds is 0. The Bertz CT molecular complexity index is 232. The molecule has 1 aromatic carbocycles. The van der Waals surface area contributed by atoms with Gasteiger partial charge in [0.15, 0.2) is 0 Å². The van der Waals surface area contributed by atoms with Crippen LogP contribution in [0.3, 0.4) is 0 Å². The molecule has 0 saturated heterocycles. The molecule has 1 aromatic rings. The highest BCUT2D eigenvalue weighted by molar-refractivity contribution is 9.10. The molecule has 0 aliphatic rings. The highest BCUT2D eigenvalue weighted by atomic mass is 79.9. The zero-order valence-electron chi connectivity index (χ0n) is 6.11. The molecule has 1 rings (SSSR count). The number of nitrogens with two attached hydrogens (primary N) is 1. The van der Waals surface area contributed by atoms with Gasteiger partial charge in [-0.2, -0.15) is 0 Å². The fourth-order valence-corrected chi connectivity index (χ4v) is 1.42. The molecule has 0 radical (unpaired) electrons. The van der Waals surface area contributed by atoms with Gasteiger partial charge in [0.05, 0.1) is 0 Å². The van der Waals surface area contributed by atoms with Crippen LogP contribution < -0.4 is 5.73 Å². The summed E-state index contributed by atoms with van der Waals surface area (Å²) in [6.45, 7) is 4.12. The Hall–Kier alpha value is -0.500. The average molecular weight is 200 g/mol. The van der Waals surface area contributed by atoms with Crippen molar-refractivity contribution in [3.05, 3.63) is 27.7 Å². The van der Waals surface area contributed by atoms with Gasteiger partial charge in [0.1, 0.15) is 0 Å². The van der Waals surface area contributed by atoms with Crippen LogP contribution in [0.25, 0.3) is 0 Å². The number of benzene rings is 1. The Morgan fingerprint density at radius 3 is 2.40 bits per heavy atom. The Morgan fingerprint density at radius 2 is 1.90 bits per heavy atom. The molecule has 2 heteroatoms. The minimum atomic E-state index is 0.815. The van der Waals surface area contributed by atoms with Crippen molar-refractivity contribution in [1.29, 1.82) is 0 Å². The summed E-state index contributed by atoms with van der Waals surface area (Å²) in [6.07, 6.45) is 0. The molecule has 1 nitrogen and oxygen atoms in total. The lowest BCUT2D eigenvalue weighted by atomic mass is 10.1. The van der Waals surface area contributed by atoms with E-state index in [9.17, 15) is 0 Å². The van der Waals surface area contributed by atoms with Crippen molar-refractivity contribution in [3.8, 4) is 0 Å². The molecule has 0 aliphatic heterocycles. The second kappa shape index (κ2) is 2.62. The van der Waals surface area contributed by atoms with Gasteiger partial charge >= 0.3 is 0 Å². The Labute approximate surface area is 69.4 Å². The first-order valence-corrected chi connectivity index (χ1v) is 3.93. The number of hydrogen-bond acceptors (Lipinski definition) is 1. The number of nitrogen functional groups attached to an aromatic ring is 1. The lowest BCUT2D eigenvalue weighted by molar-refractivity contribution is 1.32. The minimum Gasteiger partial charge on any atom is -0.399 e. The van der Waals surface area contributed by atoms with Crippen molar-refractivity contribution in [1.82, 2.24) is 0 Å². The third-order valence-corrected chi connectivity index (χ3v) is 2.45. The summed E-state index contributed by atoms with van der Waals surface area (Å²) in [6, 6.07) is 3.89. The van der Waals surface area contributed by atoms with Crippen molar-refractivity contribution >= 4 is 21.6 Å². The van der Waals surface area contributed by atoms with Crippen molar-refractivity contribution in [3.63, 3.8) is 0 Å². The quantitative estimate of drug-likeness (QED) is 0.640. The van der Waals surface area contributed by atoms with Gasteiger partial charge in [0, 0.05) is 10.2 Å². The Kier molecular flexibility index (Phi) is 2.00. The summed E-state index contributed by atoms with van der Waals surface area (Å²) in [4.78, 5) is 0. The normalized spacial score (nSPS) is 9.90. The Balaban J connectivity index is 3.31. The summed E-state index contributed by atoms with van der Waals surface area (Å²) < 4.78 is 1.09. The molecule has 0 unspecified atom stereocenters. The van der Waals surface area contributed by atoms with E-state index < -0.39 is 0 Å². The molecular formula is C8H10BrN. The largest absolute Gasteiger partial charge is 0.399 e. The average Bonchev–Trinajstić information content (AvgIpc) is 1.82. The maximum Gasteiger partial charge on any atom is 0.0328 e. The molecule has 0 heterocycles. The van der Waals surface area contributed by atoms with Crippen LogP contribution >= 0.6 is 15.9 Å². The van der Waals surface area contributed by atoms with Crippen LogP contribution in [0.5, 0.6) is 0 Å². The smallest absolute Gasteiger partial charge is 0.0328 e. The molecule has 0 atom stereocenters. The third kappa shape index (κ3) is 1.32. The van der Waals surface area contributed by atoms with Gasteiger partial charge in [0.25, 0.3) is 0 Å². The Morgan fingerprint density at radius 1 is 1.30 bits per heavy atom. The van der Waals surface area contributed by atoms with Crippen LogP contribution in [0.4, 0.5) is 5.69 Å². The van der Waals surface area contributed by atoms with Crippen molar-refractivity contribution in [2.45, 2.75) is 13.8 Å². The lowest BCUT2D eigenvalue weighted by Crippen LogP contribution is -1.88. The third-order valence-electron chi connectivity index (χ3n) is 1.63. The fraction of sp³-hybridized carbons (Fsp3) is 0.250. The molecular weight excluding hydrogens is 190 g/mol. The second-order valence-corrected chi connectivity index (χ2v) is 3.30. The second-order valence-electron chi connectivity index (χ2n) is 2.44. The maximum absolute atomic E-state index is 5.60. The van der Waals surface area contributed by atoms with Gasteiger partial charge in [0.2, 0.25) is 0 Å². The van der Waals surface area contributed by atoms with Crippen LogP contribution in [-0.4, -0.2) is 0 Å². The van der Waals surface area contributed by atoms with E-state index in [1.54, 1.807) is 0 Å². The monoisotopic (exact) mass is 199 g/mol. The van der Waals surface area contributed by atoms with E-state index >= 15 is 0 Å². The van der Waals surface area contributed by atoms with E-state index in [1.807, 2.05) is 12.1 Å². The highest BCUT2D eigenvalue weighted by Crippen LogP contribution is 2.22. The standard InChI is InChI=1S/C8H10BrN/c1-5-3-7(10)4-8(9)6(5)2/h3-4H,10H2,1-2H3. The molecule has 0 aromatic heterocycles. The molecule has 54 valence electrons. The van der Waals surface area contributed by atoms with Crippen LogP contribution in [0.2, 0.25) is 0 Å². The summed E-state index contributed by atoms with van der Waals surface area (Å²) in [5, 5.41) is 0. The molecule has 0 fully saturated rings. The van der Waals surface area contributed by atoms with Crippen molar-refractivity contribution < 1.29 is 0 Å². The van der Waals surface area contributed by atoms with Crippen LogP contribution in [-0.2, 0) is 0 Å². The fourth-order valence-electron chi connectivity index (χ4n) is 0.843. The topological polar surface area (TPSA) is 26.0 Å². The lowest BCUT2D eigenvalue weighted by Gasteiger charge is -2.03. The van der Waals surface area contributed by atoms with Crippen molar-refractivity contribution in [2.75, 3.05) is 5.73 Å². The first-order valence-electron chi connectivity index (χ1n) is 3.13. The zero-order chi connectivity index (χ0) is 7.72. The molecule has 0 aliphatic carbocycles. The predicted octanol–water partition coefficient (Wildman–Crippen LogP) is 2.65. The van der Waals surface area contributed by atoms with Gasteiger partial charge in [-0.25, -0.2) is 0 Å². The van der Waals surface area contributed by atoms with Gasteiger partial charge in [-0.3, -0.25) is 0 Å². The highest BCUT2D eigenvalue weighted by Gasteiger charge is 1.97. The van der Waals surface area contributed by atoms with Crippen LogP contribution in [0.1, 0.15) is 11.1 Å². The van der Waals surface area contributed by atoms with E-state index in [0.717, 1.165) is 10.2 Å². The van der Waals surface area contributed by atoms with Crippen LogP contribution in [0.15, 0.2) is 16.6 Å². The minimum absolute atomic E-state index is 0.815. The first-order chi connectivity index (χ1) is 4.61. The molecule has 0 bridgehead atoms. The van der Waals surface area contributed by atoms with Gasteiger partial charge < -0.3 is 5.73 Å². The van der Waals surface area contributed by atoms with Crippen LogP contribution in [0, 0.1) is 13.8 Å². The zero-order valence-corrected chi connectivity index (χ0v) is 7.70. The molecule has 10 heavy (non-hydrogen) atoms.